The highest BCUT2D eigenvalue weighted by Crippen LogP contribution is 2.54. The van der Waals surface area contributed by atoms with E-state index in [2.05, 4.69) is 77.2 Å². The predicted octanol–water partition coefficient (Wildman–Crippen LogP) is 6.19. The van der Waals surface area contributed by atoms with E-state index in [0.717, 1.165) is 25.9 Å². The van der Waals surface area contributed by atoms with E-state index >= 15 is 0 Å². The zero-order chi connectivity index (χ0) is 26.3. The van der Waals surface area contributed by atoms with Crippen molar-refractivity contribution in [2.45, 2.75) is 105 Å². The third-order valence-corrected chi connectivity index (χ3v) is 11.6. The Kier molecular flexibility index (Phi) is 8.77. The van der Waals surface area contributed by atoms with Crippen LogP contribution >= 0.6 is 22.0 Å². The predicted molar refractivity (Wildman–Crippen MR) is 143 cm³/mol. The number of piperidine rings is 2. The first-order valence-corrected chi connectivity index (χ1v) is 14.1. The fraction of sp³-hybridized carbons (Fsp3) is 0.769. The lowest BCUT2D eigenvalue weighted by molar-refractivity contribution is -0.163. The topological polar surface area (TPSA) is 59.1 Å². The number of hydrogen-bond donors (Lipinski definition) is 0. The Balaban J connectivity index is 2.10. The minimum absolute atomic E-state index is 0.164. The van der Waals surface area contributed by atoms with Crippen LogP contribution in [0.4, 0.5) is 0 Å². The van der Waals surface area contributed by atoms with Crippen LogP contribution in [0.2, 0.25) is 0 Å². The lowest BCUT2D eigenvalue weighted by Gasteiger charge is -2.57. The third kappa shape index (κ3) is 5.40. The SMILES string of the molecule is C=C(C)C(=O)OC1CCN(SSN2CCC(OC(=O)C(=C)C)C(C)(C)C2(C)C)C(C)(C)C1(C)C. The molecule has 0 saturated carbocycles. The molecule has 0 aliphatic carbocycles. The Morgan fingerprint density at radius 1 is 0.706 bits per heavy atom. The van der Waals surface area contributed by atoms with Gasteiger partial charge >= 0.3 is 11.9 Å². The highest BCUT2D eigenvalue weighted by molar-refractivity contribution is 8.74. The van der Waals surface area contributed by atoms with Crippen LogP contribution in [0.3, 0.4) is 0 Å². The van der Waals surface area contributed by atoms with Crippen molar-refractivity contribution in [1.29, 1.82) is 0 Å². The smallest absolute Gasteiger partial charge is 0.333 e. The van der Waals surface area contributed by atoms with Crippen molar-refractivity contribution in [1.82, 2.24) is 8.61 Å². The molecular formula is C26H44N2O4S2. The van der Waals surface area contributed by atoms with E-state index in [1.165, 1.54) is 0 Å². The van der Waals surface area contributed by atoms with Gasteiger partial charge in [-0.25, -0.2) is 18.2 Å². The van der Waals surface area contributed by atoms with Gasteiger partial charge in [-0.2, -0.15) is 0 Å². The number of nitrogens with zero attached hydrogens (tertiary/aromatic N) is 2. The van der Waals surface area contributed by atoms with E-state index in [-0.39, 0.29) is 46.1 Å². The van der Waals surface area contributed by atoms with E-state index in [0.29, 0.717) is 11.1 Å². The molecule has 0 spiro atoms. The van der Waals surface area contributed by atoms with Crippen LogP contribution in [0.1, 0.15) is 82.1 Å². The van der Waals surface area contributed by atoms with Crippen molar-refractivity contribution in [3.8, 4) is 0 Å². The second kappa shape index (κ2) is 10.2. The average Bonchev–Trinajstić information content (AvgIpc) is 2.70. The summed E-state index contributed by atoms with van der Waals surface area (Å²) in [5.41, 5.74) is -0.0490. The molecule has 2 saturated heterocycles. The van der Waals surface area contributed by atoms with Crippen LogP contribution < -0.4 is 0 Å². The van der Waals surface area contributed by atoms with Gasteiger partial charge in [-0.1, -0.05) is 40.9 Å². The Bertz CT molecular complexity index is 767. The highest BCUT2D eigenvalue weighted by atomic mass is 33.1. The van der Waals surface area contributed by atoms with Gasteiger partial charge in [0.15, 0.2) is 0 Å². The van der Waals surface area contributed by atoms with E-state index in [1.54, 1.807) is 35.8 Å². The second-order valence-electron chi connectivity index (χ2n) is 11.8. The standard InChI is InChI=1S/C26H44N2O4S2/c1-17(2)21(29)31-19-13-15-27(25(9,10)23(19,5)6)33-34-28-16-14-20(32-22(30)18(3)4)24(7,8)26(28,11)12/h19-20H,1,3,13-16H2,2,4-12H3. The molecule has 0 N–H and O–H groups in total. The molecule has 2 fully saturated rings. The Hall–Kier alpha value is -0.960. The van der Waals surface area contributed by atoms with Crippen molar-refractivity contribution < 1.29 is 19.1 Å². The average molecular weight is 513 g/mol. The van der Waals surface area contributed by atoms with Crippen molar-refractivity contribution >= 4 is 33.9 Å². The molecule has 0 radical (unpaired) electrons. The summed E-state index contributed by atoms with van der Waals surface area (Å²) >= 11 is 0. The molecule has 0 aromatic rings. The molecule has 8 heteroatoms. The number of hydrogen-bond acceptors (Lipinski definition) is 8. The Morgan fingerprint density at radius 3 is 1.26 bits per heavy atom. The summed E-state index contributed by atoms with van der Waals surface area (Å²) in [7, 11) is 3.52. The Labute approximate surface area is 214 Å². The molecule has 2 atom stereocenters. The van der Waals surface area contributed by atoms with Crippen LogP contribution in [0, 0.1) is 10.8 Å². The molecule has 34 heavy (non-hydrogen) atoms. The molecule has 2 unspecified atom stereocenters. The van der Waals surface area contributed by atoms with Gasteiger partial charge in [0.2, 0.25) is 0 Å². The van der Waals surface area contributed by atoms with Gasteiger partial charge in [0.25, 0.3) is 0 Å². The van der Waals surface area contributed by atoms with E-state index in [1.807, 2.05) is 0 Å². The number of esters is 2. The van der Waals surface area contributed by atoms with Crippen molar-refractivity contribution in [2.24, 2.45) is 10.8 Å². The summed E-state index contributed by atoms with van der Waals surface area (Å²) < 4.78 is 16.5. The quantitative estimate of drug-likeness (QED) is 0.173. The van der Waals surface area contributed by atoms with Crippen LogP contribution in [0.15, 0.2) is 24.3 Å². The molecule has 194 valence electrons. The first-order valence-electron chi connectivity index (χ1n) is 12.0. The first kappa shape index (κ1) is 29.3. The van der Waals surface area contributed by atoms with Gasteiger partial charge in [0.05, 0.1) is 0 Å². The monoisotopic (exact) mass is 512 g/mol. The lowest BCUT2D eigenvalue weighted by Crippen LogP contribution is -2.62. The third-order valence-electron chi connectivity index (χ3n) is 8.61. The van der Waals surface area contributed by atoms with Crippen LogP contribution in [0.5, 0.6) is 0 Å². The zero-order valence-electron chi connectivity index (χ0n) is 22.7. The van der Waals surface area contributed by atoms with Crippen molar-refractivity contribution in [2.75, 3.05) is 13.1 Å². The fourth-order valence-corrected chi connectivity index (χ4v) is 7.81. The van der Waals surface area contributed by atoms with E-state index in [4.69, 9.17) is 9.47 Å². The summed E-state index contributed by atoms with van der Waals surface area (Å²) in [5.74, 6) is -0.632. The number of carbonyl (C=O) groups excluding carboxylic acids is 2. The molecule has 0 aromatic heterocycles. The maximum Gasteiger partial charge on any atom is 0.333 e. The van der Waals surface area contributed by atoms with E-state index < -0.39 is 0 Å². The number of carbonyl (C=O) groups is 2. The molecule has 6 nitrogen and oxygen atoms in total. The summed E-state index contributed by atoms with van der Waals surface area (Å²) in [4.78, 5) is 24.4. The summed E-state index contributed by atoms with van der Waals surface area (Å²) in [5, 5.41) is 0. The van der Waals surface area contributed by atoms with Gasteiger partial charge in [0, 0.05) is 68.1 Å². The van der Waals surface area contributed by atoms with Gasteiger partial charge < -0.3 is 9.47 Å². The molecule has 2 heterocycles. The number of ether oxygens (including phenoxy) is 2. The largest absolute Gasteiger partial charge is 0.458 e. The lowest BCUT2D eigenvalue weighted by atomic mass is 9.67. The maximum absolute atomic E-state index is 12.2. The van der Waals surface area contributed by atoms with Crippen LogP contribution in [0.25, 0.3) is 0 Å². The highest BCUT2D eigenvalue weighted by Gasteiger charge is 2.55. The molecular weight excluding hydrogens is 468 g/mol. The number of rotatable bonds is 7. The normalized spacial score (nSPS) is 28.1. The van der Waals surface area contributed by atoms with Gasteiger partial charge in [0.1, 0.15) is 12.2 Å². The molecule has 0 amide bonds. The van der Waals surface area contributed by atoms with Crippen LogP contribution in [-0.2, 0) is 19.1 Å². The molecule has 2 aliphatic heterocycles. The van der Waals surface area contributed by atoms with Crippen LogP contribution in [-0.4, -0.2) is 56.9 Å². The summed E-state index contributed by atoms with van der Waals surface area (Å²) in [6.07, 6.45) is 1.22. The van der Waals surface area contributed by atoms with Gasteiger partial charge in [-0.3, -0.25) is 0 Å². The minimum Gasteiger partial charge on any atom is -0.458 e. The summed E-state index contributed by atoms with van der Waals surface area (Å²) in [6.45, 7) is 30.1. The molecule has 0 bridgehead atoms. The first-order chi connectivity index (χ1) is 15.4. The van der Waals surface area contributed by atoms with Gasteiger partial charge in [-0.15, -0.1) is 0 Å². The second-order valence-corrected chi connectivity index (χ2v) is 13.9. The fourth-order valence-electron chi connectivity index (χ4n) is 4.39. The zero-order valence-corrected chi connectivity index (χ0v) is 24.4. The van der Waals surface area contributed by atoms with Gasteiger partial charge in [-0.05, 0) is 54.4 Å². The Morgan fingerprint density at radius 2 is 1.00 bits per heavy atom. The molecule has 0 aromatic carbocycles. The molecule has 2 aliphatic rings. The van der Waals surface area contributed by atoms with E-state index in [9.17, 15) is 9.59 Å². The minimum atomic E-state index is -0.316. The molecule has 2 rings (SSSR count). The summed E-state index contributed by atoms with van der Waals surface area (Å²) in [6, 6.07) is 0. The maximum atomic E-state index is 12.2. The van der Waals surface area contributed by atoms with Crippen molar-refractivity contribution in [3.05, 3.63) is 24.3 Å². The van der Waals surface area contributed by atoms with Crippen molar-refractivity contribution in [3.63, 3.8) is 0 Å².